The second-order valence-electron chi connectivity index (χ2n) is 12.2. The van der Waals surface area contributed by atoms with E-state index in [0.29, 0.717) is 71.0 Å². The van der Waals surface area contributed by atoms with Crippen molar-refractivity contribution in [1.29, 1.82) is 0 Å². The van der Waals surface area contributed by atoms with E-state index in [0.717, 1.165) is 5.56 Å². The minimum atomic E-state index is -0.564. The number of nitrogens with zero attached hydrogens (tertiary/aromatic N) is 3. The van der Waals surface area contributed by atoms with Crippen LogP contribution in [0.1, 0.15) is 37.0 Å². The molecule has 0 atom stereocenters. The summed E-state index contributed by atoms with van der Waals surface area (Å²) in [6.45, 7) is 5.36. The number of fused-ring (bicyclic) bond motifs is 1. The number of carbonyl (C=O) groups is 2. The maximum atomic E-state index is 15.2. The molecule has 0 aliphatic heterocycles. The number of aromatic nitrogens is 3. The summed E-state index contributed by atoms with van der Waals surface area (Å²) in [4.78, 5) is 40.7. The molecule has 2 amide bonds. The van der Waals surface area contributed by atoms with E-state index in [1.165, 1.54) is 48.0 Å². The van der Waals surface area contributed by atoms with Gasteiger partial charge < -0.3 is 20.5 Å². The number of aryl methyl sites for hydroxylation is 3. The number of anilines is 2. The molecule has 0 radical (unpaired) electrons. The van der Waals surface area contributed by atoms with Gasteiger partial charge in [0, 0.05) is 29.4 Å². The Morgan fingerprint density at radius 2 is 1.49 bits per heavy atom. The van der Waals surface area contributed by atoms with Crippen molar-refractivity contribution in [3.8, 4) is 39.6 Å². The molecule has 7 rings (SSSR count). The molecule has 3 N–H and O–H groups in total. The fourth-order valence-corrected chi connectivity index (χ4v) is 6.80. The van der Waals surface area contributed by atoms with Gasteiger partial charge in [0.25, 0.3) is 11.8 Å². The number of ether oxygens (including phenoxy) is 1. The van der Waals surface area contributed by atoms with E-state index in [-0.39, 0.29) is 28.7 Å². The van der Waals surface area contributed by atoms with Crippen molar-refractivity contribution in [2.45, 2.75) is 20.8 Å². The number of hydrogen-bond acceptors (Lipinski definition) is 8. The fraction of sp³-hybridized carbons (Fsp3) is 0.0750. The van der Waals surface area contributed by atoms with Gasteiger partial charge >= 0.3 is 0 Å². The lowest BCUT2D eigenvalue weighted by Crippen LogP contribution is -2.14. The Morgan fingerprint density at radius 1 is 0.792 bits per heavy atom. The summed E-state index contributed by atoms with van der Waals surface area (Å²) >= 11 is 13.5. The molecule has 4 aromatic heterocycles. The molecule has 0 aliphatic rings. The minimum Gasteiger partial charge on any atom is -0.508 e. The van der Waals surface area contributed by atoms with Crippen molar-refractivity contribution in [3.05, 3.63) is 140 Å². The Labute approximate surface area is 317 Å². The van der Waals surface area contributed by atoms with E-state index in [1.807, 2.05) is 13.0 Å². The van der Waals surface area contributed by atoms with Crippen LogP contribution in [0, 0.1) is 26.6 Å². The molecule has 0 bridgehead atoms. The van der Waals surface area contributed by atoms with Crippen LogP contribution in [-0.2, 0) is 0 Å². The van der Waals surface area contributed by atoms with Crippen LogP contribution in [0.4, 0.5) is 15.8 Å². The Bertz CT molecular complexity index is 2600. The number of hydrogen-bond donors (Lipinski definition) is 3. The minimum absolute atomic E-state index is 0.0225. The topological polar surface area (TPSA) is 126 Å². The normalized spacial score (nSPS) is 11.1. The fourth-order valence-electron chi connectivity index (χ4n) is 5.68. The lowest BCUT2D eigenvalue weighted by molar-refractivity contribution is 0.102. The molecular weight excluding hydrogens is 736 g/mol. The zero-order valence-electron chi connectivity index (χ0n) is 28.3. The summed E-state index contributed by atoms with van der Waals surface area (Å²) in [5, 5.41) is 19.0. The average molecular weight is 765 g/mol. The molecule has 3 aromatic carbocycles. The van der Waals surface area contributed by atoms with Crippen molar-refractivity contribution in [1.82, 2.24) is 15.0 Å². The number of phenols is 1. The number of aromatic hydroxyl groups is 1. The SMILES string of the molecule is Cc1cc(Oc2cc(F)cc(-c3csc(C(=O)Nc4cc(Cl)cnc4C)c3)c2)c2nc(-c3cccc(O)c3)cc(C(=O)Nc3cc(Cl)cnc3C)c2c1. The summed E-state index contributed by atoms with van der Waals surface area (Å²) in [6.07, 6.45) is 2.99. The molecule has 4 heterocycles. The molecular formula is C40H28Cl2FN5O4S. The first-order valence-electron chi connectivity index (χ1n) is 16.1. The van der Waals surface area contributed by atoms with Gasteiger partial charge in [0.2, 0.25) is 0 Å². The highest BCUT2D eigenvalue weighted by atomic mass is 35.5. The van der Waals surface area contributed by atoms with E-state index in [1.54, 1.807) is 67.8 Å². The van der Waals surface area contributed by atoms with Gasteiger partial charge in [0.1, 0.15) is 22.8 Å². The standard InChI is InChI=1S/C40H28Cl2FN5O4S/c1-20-7-31-32(39(50)47-33-13-26(41)17-44-21(33)2)16-35(23-5-4-6-29(49)10-23)46-38(31)36(8-20)52-30-11-24(9-28(43)15-30)25-12-37(53-19-25)40(51)48-34-14-27(42)18-45-22(34)3/h4-19,49H,1-3H3,(H,47,50)(H,48,51). The molecule has 7 aromatic rings. The third-order valence-corrected chi connectivity index (χ3v) is 9.61. The number of carbonyl (C=O) groups excluding carboxylic acids is 2. The molecule has 0 saturated carbocycles. The predicted octanol–water partition coefficient (Wildman–Crippen LogP) is 10.8. The maximum absolute atomic E-state index is 15.2. The van der Waals surface area contributed by atoms with Crippen LogP contribution in [0.5, 0.6) is 17.2 Å². The Kier molecular flexibility index (Phi) is 9.80. The molecule has 9 nitrogen and oxygen atoms in total. The zero-order valence-corrected chi connectivity index (χ0v) is 30.6. The summed E-state index contributed by atoms with van der Waals surface area (Å²) in [6, 6.07) is 20.9. The Hall–Kier alpha value is -5.88. The molecule has 53 heavy (non-hydrogen) atoms. The van der Waals surface area contributed by atoms with Crippen LogP contribution in [-0.4, -0.2) is 31.9 Å². The van der Waals surface area contributed by atoms with Gasteiger partial charge in [-0.15, -0.1) is 11.3 Å². The van der Waals surface area contributed by atoms with Crippen molar-refractivity contribution < 1.29 is 23.8 Å². The lowest BCUT2D eigenvalue weighted by atomic mass is 10.0. The first-order chi connectivity index (χ1) is 25.4. The number of rotatable bonds is 8. The third-order valence-electron chi connectivity index (χ3n) is 8.27. The van der Waals surface area contributed by atoms with Crippen LogP contribution in [0.3, 0.4) is 0 Å². The molecule has 13 heteroatoms. The second kappa shape index (κ2) is 14.6. The number of nitrogens with one attached hydrogen (secondary N) is 2. The number of thiophene rings is 1. The highest BCUT2D eigenvalue weighted by molar-refractivity contribution is 7.12. The molecule has 0 saturated heterocycles. The Morgan fingerprint density at radius 3 is 2.19 bits per heavy atom. The van der Waals surface area contributed by atoms with Crippen LogP contribution in [0.25, 0.3) is 33.3 Å². The van der Waals surface area contributed by atoms with Crippen LogP contribution >= 0.6 is 34.5 Å². The van der Waals surface area contributed by atoms with Crippen molar-refractivity contribution >= 4 is 68.6 Å². The van der Waals surface area contributed by atoms with E-state index in [9.17, 15) is 14.7 Å². The maximum Gasteiger partial charge on any atom is 0.265 e. The number of benzene rings is 3. The number of pyridine rings is 3. The lowest BCUT2D eigenvalue weighted by Gasteiger charge is -2.16. The molecule has 0 spiro atoms. The van der Waals surface area contributed by atoms with Crippen molar-refractivity contribution in [2.24, 2.45) is 0 Å². The highest BCUT2D eigenvalue weighted by Crippen LogP contribution is 2.38. The predicted molar refractivity (Wildman–Crippen MR) is 207 cm³/mol. The van der Waals surface area contributed by atoms with Crippen LogP contribution in [0.2, 0.25) is 10.0 Å². The van der Waals surface area contributed by atoms with E-state index < -0.39 is 11.7 Å². The summed E-state index contributed by atoms with van der Waals surface area (Å²) in [7, 11) is 0. The molecule has 0 unspecified atom stereocenters. The van der Waals surface area contributed by atoms with Gasteiger partial charge in [0.15, 0.2) is 5.75 Å². The summed E-state index contributed by atoms with van der Waals surface area (Å²) in [5.41, 5.74) is 5.49. The number of halogens is 3. The first kappa shape index (κ1) is 35.5. The summed E-state index contributed by atoms with van der Waals surface area (Å²) < 4.78 is 21.6. The molecule has 264 valence electrons. The van der Waals surface area contributed by atoms with Crippen molar-refractivity contribution in [3.63, 3.8) is 0 Å². The van der Waals surface area contributed by atoms with Gasteiger partial charge in [-0.3, -0.25) is 19.6 Å². The monoisotopic (exact) mass is 763 g/mol. The van der Waals surface area contributed by atoms with Gasteiger partial charge in [-0.1, -0.05) is 35.3 Å². The molecule has 0 aliphatic carbocycles. The van der Waals surface area contributed by atoms with E-state index >= 15 is 4.39 Å². The van der Waals surface area contributed by atoms with Gasteiger partial charge in [-0.25, -0.2) is 9.37 Å². The van der Waals surface area contributed by atoms with Crippen LogP contribution in [0.15, 0.2) is 96.6 Å². The molecule has 0 fully saturated rings. The quantitative estimate of drug-likeness (QED) is 0.141. The largest absolute Gasteiger partial charge is 0.508 e. The van der Waals surface area contributed by atoms with E-state index in [4.69, 9.17) is 32.9 Å². The van der Waals surface area contributed by atoms with Gasteiger partial charge in [-0.2, -0.15) is 0 Å². The van der Waals surface area contributed by atoms with Crippen molar-refractivity contribution in [2.75, 3.05) is 10.6 Å². The Balaban J connectivity index is 1.26. The smallest absolute Gasteiger partial charge is 0.265 e. The number of amides is 2. The van der Waals surface area contributed by atoms with Crippen LogP contribution < -0.4 is 15.4 Å². The average Bonchev–Trinajstić information content (AvgIpc) is 3.62. The van der Waals surface area contributed by atoms with Gasteiger partial charge in [0.05, 0.1) is 48.9 Å². The zero-order chi connectivity index (χ0) is 37.4. The van der Waals surface area contributed by atoms with E-state index in [2.05, 4.69) is 20.6 Å². The first-order valence-corrected chi connectivity index (χ1v) is 17.7. The third kappa shape index (κ3) is 7.82. The second-order valence-corrected chi connectivity index (χ2v) is 14.0. The number of phenolic OH excluding ortho intramolecular Hbond substituents is 1. The highest BCUT2D eigenvalue weighted by Gasteiger charge is 2.20. The summed E-state index contributed by atoms with van der Waals surface area (Å²) in [5.74, 6) is -0.914. The van der Waals surface area contributed by atoms with Gasteiger partial charge in [-0.05, 0) is 104 Å².